The number of likely N-dealkylation sites (N-methyl/N-ethyl adjacent to an activating group) is 1. The number of benzene rings is 1. The van der Waals surface area contributed by atoms with Crippen molar-refractivity contribution in [2.45, 2.75) is 19.7 Å². The van der Waals surface area contributed by atoms with Gasteiger partial charge in [-0.15, -0.1) is 11.3 Å². The minimum atomic E-state index is -0.376. The van der Waals surface area contributed by atoms with Crippen LogP contribution in [0.2, 0.25) is 0 Å². The van der Waals surface area contributed by atoms with E-state index in [0.29, 0.717) is 18.1 Å². The van der Waals surface area contributed by atoms with Crippen LogP contribution in [0, 0.1) is 0 Å². The number of thiazole rings is 1. The number of nitrogens with zero attached hydrogens (tertiary/aromatic N) is 5. The highest BCUT2D eigenvalue weighted by molar-refractivity contribution is 7.09. The van der Waals surface area contributed by atoms with E-state index in [1.165, 1.54) is 32.6 Å². The fourth-order valence-corrected chi connectivity index (χ4v) is 3.15. The molecule has 0 saturated carbocycles. The lowest BCUT2D eigenvalue weighted by atomic mass is 10.3. The standard InChI is InChI=1S/C17H19N5O3S/c1-20(10-15-18-8-9-26-15)16(23)11-21-17(24)22(14(19-21)12-25-2)13-6-4-3-5-7-13/h3-9H,10-12H2,1-2H3. The summed E-state index contributed by atoms with van der Waals surface area (Å²) in [6.07, 6.45) is 1.70. The smallest absolute Gasteiger partial charge is 0.351 e. The Kier molecular flexibility index (Phi) is 5.59. The molecule has 9 heteroatoms. The van der Waals surface area contributed by atoms with Gasteiger partial charge < -0.3 is 9.64 Å². The van der Waals surface area contributed by atoms with Gasteiger partial charge in [0.15, 0.2) is 5.82 Å². The minimum Gasteiger partial charge on any atom is -0.377 e. The van der Waals surface area contributed by atoms with Gasteiger partial charge in [-0.05, 0) is 12.1 Å². The molecule has 0 N–H and O–H groups in total. The third-order valence-electron chi connectivity index (χ3n) is 3.76. The summed E-state index contributed by atoms with van der Waals surface area (Å²) in [6, 6.07) is 9.16. The number of aromatic nitrogens is 4. The summed E-state index contributed by atoms with van der Waals surface area (Å²) in [6.45, 7) is 0.424. The first-order valence-electron chi connectivity index (χ1n) is 7.95. The number of rotatable bonds is 7. The molecule has 0 spiro atoms. The minimum absolute atomic E-state index is 0.142. The average Bonchev–Trinajstić information content (AvgIpc) is 3.24. The van der Waals surface area contributed by atoms with E-state index in [9.17, 15) is 9.59 Å². The average molecular weight is 373 g/mol. The van der Waals surface area contributed by atoms with Crippen LogP contribution >= 0.6 is 11.3 Å². The lowest BCUT2D eigenvalue weighted by molar-refractivity contribution is -0.131. The van der Waals surface area contributed by atoms with E-state index >= 15 is 0 Å². The van der Waals surface area contributed by atoms with Crippen LogP contribution in [-0.4, -0.2) is 44.3 Å². The van der Waals surface area contributed by atoms with E-state index in [1.807, 2.05) is 35.7 Å². The number of carbonyl (C=O) groups is 1. The second-order valence-corrected chi connectivity index (χ2v) is 6.62. The van der Waals surface area contributed by atoms with Gasteiger partial charge in [0.2, 0.25) is 5.91 Å². The Morgan fingerprint density at radius 3 is 2.73 bits per heavy atom. The zero-order valence-electron chi connectivity index (χ0n) is 14.5. The molecule has 0 radical (unpaired) electrons. The number of para-hydroxylation sites is 1. The first-order chi connectivity index (χ1) is 12.6. The van der Waals surface area contributed by atoms with Crippen LogP contribution in [0.15, 0.2) is 46.7 Å². The van der Waals surface area contributed by atoms with Crippen LogP contribution in [0.4, 0.5) is 0 Å². The van der Waals surface area contributed by atoms with Gasteiger partial charge in [-0.25, -0.2) is 19.0 Å². The van der Waals surface area contributed by atoms with E-state index < -0.39 is 0 Å². The van der Waals surface area contributed by atoms with Crippen LogP contribution in [0.1, 0.15) is 10.8 Å². The van der Waals surface area contributed by atoms with Crippen molar-refractivity contribution in [1.82, 2.24) is 24.2 Å². The molecule has 136 valence electrons. The van der Waals surface area contributed by atoms with Gasteiger partial charge in [0.25, 0.3) is 0 Å². The predicted octanol–water partition coefficient (Wildman–Crippen LogP) is 1.30. The molecular weight excluding hydrogens is 354 g/mol. The molecule has 1 aromatic carbocycles. The van der Waals surface area contributed by atoms with Gasteiger partial charge in [-0.2, -0.15) is 5.10 Å². The van der Waals surface area contributed by atoms with Crippen molar-refractivity contribution in [1.29, 1.82) is 0 Å². The van der Waals surface area contributed by atoms with E-state index in [4.69, 9.17) is 4.74 Å². The van der Waals surface area contributed by atoms with E-state index in [-0.39, 0.29) is 24.7 Å². The quantitative estimate of drug-likeness (QED) is 0.623. The molecule has 3 rings (SSSR count). The molecule has 2 heterocycles. The van der Waals surface area contributed by atoms with E-state index in [2.05, 4.69) is 10.1 Å². The predicted molar refractivity (Wildman–Crippen MR) is 97.1 cm³/mol. The molecule has 0 fully saturated rings. The Bertz CT molecular complexity index is 918. The fourth-order valence-electron chi connectivity index (χ4n) is 2.49. The summed E-state index contributed by atoms with van der Waals surface area (Å²) < 4.78 is 7.77. The van der Waals surface area contributed by atoms with Gasteiger partial charge in [-0.1, -0.05) is 18.2 Å². The van der Waals surface area contributed by atoms with Crippen molar-refractivity contribution in [2.75, 3.05) is 14.2 Å². The Hall–Kier alpha value is -2.78. The molecule has 0 aliphatic carbocycles. The van der Waals surface area contributed by atoms with Crippen LogP contribution in [0.25, 0.3) is 5.69 Å². The lowest BCUT2D eigenvalue weighted by Gasteiger charge is -2.15. The summed E-state index contributed by atoms with van der Waals surface area (Å²) in [7, 11) is 3.21. The zero-order valence-corrected chi connectivity index (χ0v) is 15.3. The molecule has 0 aliphatic heterocycles. The third-order valence-corrected chi connectivity index (χ3v) is 4.53. The number of hydrogen-bond donors (Lipinski definition) is 0. The summed E-state index contributed by atoms with van der Waals surface area (Å²) in [5.41, 5.74) is 0.304. The Morgan fingerprint density at radius 1 is 1.31 bits per heavy atom. The van der Waals surface area contributed by atoms with Crippen molar-refractivity contribution in [3.8, 4) is 5.69 Å². The number of hydrogen-bond acceptors (Lipinski definition) is 6. The zero-order chi connectivity index (χ0) is 18.5. The molecule has 1 amide bonds. The highest BCUT2D eigenvalue weighted by Crippen LogP contribution is 2.09. The maximum Gasteiger partial charge on any atom is 0.351 e. The first kappa shape index (κ1) is 18.0. The van der Waals surface area contributed by atoms with E-state index in [0.717, 1.165) is 5.01 Å². The molecular formula is C17H19N5O3S. The van der Waals surface area contributed by atoms with Crippen molar-refractivity contribution in [3.63, 3.8) is 0 Å². The largest absolute Gasteiger partial charge is 0.377 e. The monoisotopic (exact) mass is 373 g/mol. The number of ether oxygens (including phenoxy) is 1. The molecule has 3 aromatic rings. The SMILES string of the molecule is COCc1nn(CC(=O)N(C)Cc2nccs2)c(=O)n1-c1ccccc1. The van der Waals surface area contributed by atoms with Crippen LogP contribution in [0.5, 0.6) is 0 Å². The van der Waals surface area contributed by atoms with Crippen molar-refractivity contribution in [2.24, 2.45) is 0 Å². The third kappa shape index (κ3) is 3.89. The normalized spacial score (nSPS) is 10.8. The molecule has 0 saturated heterocycles. The molecule has 0 unspecified atom stereocenters. The van der Waals surface area contributed by atoms with Crippen molar-refractivity contribution in [3.05, 3.63) is 63.2 Å². The number of carbonyl (C=O) groups excluding carboxylic acids is 1. The maximum atomic E-state index is 12.8. The topological polar surface area (TPSA) is 82.2 Å². The molecule has 2 aromatic heterocycles. The Morgan fingerprint density at radius 2 is 2.08 bits per heavy atom. The summed E-state index contributed by atoms with van der Waals surface area (Å²) in [4.78, 5) is 30.9. The Balaban J connectivity index is 1.84. The van der Waals surface area contributed by atoms with Gasteiger partial charge in [0.05, 0.1) is 12.2 Å². The maximum absolute atomic E-state index is 12.8. The van der Waals surface area contributed by atoms with Gasteiger partial charge in [-0.3, -0.25) is 4.79 Å². The highest BCUT2D eigenvalue weighted by Gasteiger charge is 2.19. The van der Waals surface area contributed by atoms with Gasteiger partial charge in [0, 0.05) is 25.7 Å². The fraction of sp³-hybridized carbons (Fsp3) is 0.294. The Labute approximate surface area is 154 Å². The molecule has 0 aliphatic rings. The van der Waals surface area contributed by atoms with Crippen molar-refractivity contribution >= 4 is 17.2 Å². The van der Waals surface area contributed by atoms with Crippen LogP contribution in [-0.2, 0) is 29.2 Å². The van der Waals surface area contributed by atoms with Crippen molar-refractivity contribution < 1.29 is 9.53 Å². The highest BCUT2D eigenvalue weighted by atomic mass is 32.1. The lowest BCUT2D eigenvalue weighted by Crippen LogP contribution is -2.34. The van der Waals surface area contributed by atoms with Gasteiger partial charge in [0.1, 0.15) is 18.2 Å². The van der Waals surface area contributed by atoms with E-state index in [1.54, 1.807) is 13.2 Å². The number of amides is 1. The second-order valence-electron chi connectivity index (χ2n) is 5.64. The van der Waals surface area contributed by atoms with Crippen LogP contribution in [0.3, 0.4) is 0 Å². The molecule has 0 atom stereocenters. The summed E-state index contributed by atoms with van der Waals surface area (Å²) >= 11 is 1.48. The number of methoxy groups -OCH3 is 1. The second kappa shape index (κ2) is 8.07. The molecule has 0 bridgehead atoms. The summed E-state index contributed by atoms with van der Waals surface area (Å²) in [5.74, 6) is 0.225. The first-order valence-corrected chi connectivity index (χ1v) is 8.83. The molecule has 26 heavy (non-hydrogen) atoms. The van der Waals surface area contributed by atoms with Crippen LogP contribution < -0.4 is 5.69 Å². The van der Waals surface area contributed by atoms with Gasteiger partial charge >= 0.3 is 5.69 Å². The molecule has 8 nitrogen and oxygen atoms in total. The summed E-state index contributed by atoms with van der Waals surface area (Å²) in [5, 5.41) is 6.97.